The van der Waals surface area contributed by atoms with Crippen molar-refractivity contribution < 1.29 is 5.11 Å². The van der Waals surface area contributed by atoms with Crippen molar-refractivity contribution in [3.05, 3.63) is 65.0 Å². The monoisotopic (exact) mass is 227 g/mol. The van der Waals surface area contributed by atoms with Crippen molar-refractivity contribution in [3.8, 4) is 0 Å². The molecule has 17 heavy (non-hydrogen) atoms. The van der Waals surface area contributed by atoms with E-state index in [2.05, 4.69) is 4.98 Å². The van der Waals surface area contributed by atoms with E-state index in [1.807, 2.05) is 50.2 Å². The highest BCUT2D eigenvalue weighted by Gasteiger charge is 2.13. The maximum atomic E-state index is 10.3. The summed E-state index contributed by atoms with van der Waals surface area (Å²) in [4.78, 5) is 4.24. The SMILES string of the molecule is Cc1cccc(C)c1C(O)Cc1ccccn1. The average Bonchev–Trinajstić information content (AvgIpc) is 2.30. The van der Waals surface area contributed by atoms with E-state index >= 15 is 0 Å². The zero-order valence-electron chi connectivity index (χ0n) is 10.2. The fraction of sp³-hybridized carbons (Fsp3) is 0.267. The van der Waals surface area contributed by atoms with Crippen LogP contribution in [0.1, 0.15) is 28.5 Å². The summed E-state index contributed by atoms with van der Waals surface area (Å²) in [5, 5.41) is 10.3. The Kier molecular flexibility index (Phi) is 3.55. The Bertz CT molecular complexity index is 473. The number of hydrogen-bond acceptors (Lipinski definition) is 2. The number of pyridine rings is 1. The van der Waals surface area contributed by atoms with Gasteiger partial charge in [-0.05, 0) is 42.7 Å². The van der Waals surface area contributed by atoms with E-state index < -0.39 is 6.10 Å². The van der Waals surface area contributed by atoms with Crippen molar-refractivity contribution in [2.45, 2.75) is 26.4 Å². The molecule has 0 saturated carbocycles. The van der Waals surface area contributed by atoms with Crippen molar-refractivity contribution in [2.75, 3.05) is 0 Å². The van der Waals surface area contributed by atoms with Gasteiger partial charge in [-0.2, -0.15) is 0 Å². The Labute approximate surface area is 102 Å². The second-order valence-electron chi connectivity index (χ2n) is 4.35. The molecule has 0 aliphatic heterocycles. The minimum Gasteiger partial charge on any atom is -0.388 e. The van der Waals surface area contributed by atoms with Gasteiger partial charge in [0.2, 0.25) is 0 Å². The summed E-state index contributed by atoms with van der Waals surface area (Å²) in [5.41, 5.74) is 4.21. The van der Waals surface area contributed by atoms with Crippen molar-refractivity contribution in [1.82, 2.24) is 4.98 Å². The lowest BCUT2D eigenvalue weighted by Gasteiger charge is -2.16. The highest BCUT2D eigenvalue weighted by Crippen LogP contribution is 2.24. The molecule has 1 aromatic heterocycles. The molecule has 2 heteroatoms. The minimum atomic E-state index is -0.480. The van der Waals surface area contributed by atoms with E-state index in [1.54, 1.807) is 6.20 Å². The maximum absolute atomic E-state index is 10.3. The Morgan fingerprint density at radius 2 is 1.76 bits per heavy atom. The zero-order valence-corrected chi connectivity index (χ0v) is 10.2. The van der Waals surface area contributed by atoms with Gasteiger partial charge in [0.25, 0.3) is 0 Å². The molecule has 1 heterocycles. The lowest BCUT2D eigenvalue weighted by atomic mass is 9.95. The number of hydrogen-bond donors (Lipinski definition) is 1. The molecule has 0 aliphatic carbocycles. The molecule has 0 fully saturated rings. The van der Waals surface area contributed by atoms with Crippen LogP contribution in [0.3, 0.4) is 0 Å². The highest BCUT2D eigenvalue weighted by molar-refractivity contribution is 5.35. The molecule has 0 amide bonds. The Morgan fingerprint density at radius 3 is 2.35 bits per heavy atom. The van der Waals surface area contributed by atoms with Crippen LogP contribution in [-0.2, 0) is 6.42 Å². The van der Waals surface area contributed by atoms with Crippen molar-refractivity contribution in [1.29, 1.82) is 0 Å². The second kappa shape index (κ2) is 5.11. The van der Waals surface area contributed by atoms with Crippen molar-refractivity contribution >= 4 is 0 Å². The molecule has 0 saturated heterocycles. The van der Waals surface area contributed by atoms with Crippen LogP contribution in [0.5, 0.6) is 0 Å². The highest BCUT2D eigenvalue weighted by atomic mass is 16.3. The van der Waals surface area contributed by atoms with Gasteiger partial charge in [0, 0.05) is 18.3 Å². The third-order valence-electron chi connectivity index (χ3n) is 3.00. The molecule has 0 aliphatic rings. The smallest absolute Gasteiger partial charge is 0.0850 e. The largest absolute Gasteiger partial charge is 0.388 e. The predicted octanol–water partition coefficient (Wildman–Crippen LogP) is 2.97. The van der Waals surface area contributed by atoms with Gasteiger partial charge in [-0.1, -0.05) is 24.3 Å². The molecular weight excluding hydrogens is 210 g/mol. The van der Waals surface area contributed by atoms with Crippen molar-refractivity contribution in [3.63, 3.8) is 0 Å². The second-order valence-corrected chi connectivity index (χ2v) is 4.35. The first-order chi connectivity index (χ1) is 8.18. The molecule has 0 bridgehead atoms. The van der Waals surface area contributed by atoms with Crippen LogP contribution in [0.4, 0.5) is 0 Å². The fourth-order valence-corrected chi connectivity index (χ4v) is 2.17. The molecular formula is C15H17NO. The summed E-state index contributed by atoms with van der Waals surface area (Å²) in [5.74, 6) is 0. The first kappa shape index (κ1) is 11.8. The summed E-state index contributed by atoms with van der Waals surface area (Å²) in [6.07, 6.45) is 1.84. The van der Waals surface area contributed by atoms with Gasteiger partial charge in [-0.3, -0.25) is 4.98 Å². The normalized spacial score (nSPS) is 12.4. The predicted molar refractivity (Wildman–Crippen MR) is 68.8 cm³/mol. The van der Waals surface area contributed by atoms with E-state index in [-0.39, 0.29) is 0 Å². The Hall–Kier alpha value is -1.67. The molecule has 0 radical (unpaired) electrons. The maximum Gasteiger partial charge on any atom is 0.0850 e. The van der Waals surface area contributed by atoms with Gasteiger partial charge in [-0.15, -0.1) is 0 Å². The third kappa shape index (κ3) is 2.71. The van der Waals surface area contributed by atoms with E-state index in [1.165, 1.54) is 0 Å². The molecule has 2 aromatic rings. The Balaban J connectivity index is 2.23. The van der Waals surface area contributed by atoms with Crippen LogP contribution < -0.4 is 0 Å². The lowest BCUT2D eigenvalue weighted by Crippen LogP contribution is -2.07. The van der Waals surface area contributed by atoms with Crippen LogP contribution in [0, 0.1) is 13.8 Å². The number of aliphatic hydroxyl groups excluding tert-OH is 1. The van der Waals surface area contributed by atoms with Gasteiger partial charge in [-0.25, -0.2) is 0 Å². The average molecular weight is 227 g/mol. The van der Waals surface area contributed by atoms with Crippen LogP contribution in [0.2, 0.25) is 0 Å². The molecule has 1 N–H and O–H groups in total. The fourth-order valence-electron chi connectivity index (χ4n) is 2.17. The number of benzene rings is 1. The van der Waals surface area contributed by atoms with Gasteiger partial charge in [0.05, 0.1) is 6.10 Å². The molecule has 1 unspecified atom stereocenters. The number of aryl methyl sites for hydroxylation is 2. The standard InChI is InChI=1S/C15H17NO/c1-11-6-5-7-12(2)15(11)14(17)10-13-8-3-4-9-16-13/h3-9,14,17H,10H2,1-2H3. The summed E-state index contributed by atoms with van der Waals surface area (Å²) in [7, 11) is 0. The van der Waals surface area contributed by atoms with Crippen LogP contribution >= 0.6 is 0 Å². The van der Waals surface area contributed by atoms with Crippen LogP contribution in [-0.4, -0.2) is 10.1 Å². The van der Waals surface area contributed by atoms with Gasteiger partial charge in [0.1, 0.15) is 0 Å². The van der Waals surface area contributed by atoms with Gasteiger partial charge >= 0.3 is 0 Å². The first-order valence-corrected chi connectivity index (χ1v) is 5.82. The third-order valence-corrected chi connectivity index (χ3v) is 3.00. The van der Waals surface area contributed by atoms with E-state index in [9.17, 15) is 5.11 Å². The lowest BCUT2D eigenvalue weighted by molar-refractivity contribution is 0.176. The van der Waals surface area contributed by atoms with Gasteiger partial charge in [0.15, 0.2) is 0 Å². The molecule has 1 atom stereocenters. The van der Waals surface area contributed by atoms with Crippen LogP contribution in [0.15, 0.2) is 42.6 Å². The van der Waals surface area contributed by atoms with E-state index in [0.717, 1.165) is 22.4 Å². The number of rotatable bonds is 3. The summed E-state index contributed by atoms with van der Waals surface area (Å²) in [6, 6.07) is 11.8. The summed E-state index contributed by atoms with van der Waals surface area (Å²) in [6.45, 7) is 4.06. The number of aromatic nitrogens is 1. The van der Waals surface area contributed by atoms with E-state index in [0.29, 0.717) is 6.42 Å². The minimum absolute atomic E-state index is 0.480. The van der Waals surface area contributed by atoms with Gasteiger partial charge < -0.3 is 5.11 Å². The molecule has 0 spiro atoms. The first-order valence-electron chi connectivity index (χ1n) is 5.82. The number of nitrogens with zero attached hydrogens (tertiary/aromatic N) is 1. The van der Waals surface area contributed by atoms with Crippen LogP contribution in [0.25, 0.3) is 0 Å². The Morgan fingerprint density at radius 1 is 1.06 bits per heavy atom. The molecule has 2 nitrogen and oxygen atoms in total. The van der Waals surface area contributed by atoms with E-state index in [4.69, 9.17) is 0 Å². The van der Waals surface area contributed by atoms with Crippen molar-refractivity contribution in [2.24, 2.45) is 0 Å². The molecule has 88 valence electrons. The number of aliphatic hydroxyl groups is 1. The topological polar surface area (TPSA) is 33.1 Å². The zero-order chi connectivity index (χ0) is 12.3. The quantitative estimate of drug-likeness (QED) is 0.874. The molecule has 2 rings (SSSR count). The summed E-state index contributed by atoms with van der Waals surface area (Å²) >= 11 is 0. The summed E-state index contributed by atoms with van der Waals surface area (Å²) < 4.78 is 0. The molecule has 1 aromatic carbocycles.